The van der Waals surface area contributed by atoms with Crippen molar-refractivity contribution in [3.8, 4) is 11.5 Å². The standard InChI is InChI=1S/C15H20O5/c1-9(2)6-14(17)19-8-13-15(20-13)10-4-5-11(16)12(7-10)18-3/h4-5,7,9,13,15-16H,6,8H2,1-3H3/t13-,15-/m1/s1. The Bertz CT molecular complexity index is 483. The van der Waals surface area contributed by atoms with Crippen LogP contribution in [0.2, 0.25) is 0 Å². The van der Waals surface area contributed by atoms with Crippen LogP contribution < -0.4 is 4.74 Å². The summed E-state index contributed by atoms with van der Waals surface area (Å²) in [5.41, 5.74) is 0.907. The van der Waals surface area contributed by atoms with Crippen LogP contribution >= 0.6 is 0 Å². The molecule has 1 heterocycles. The molecule has 0 spiro atoms. The van der Waals surface area contributed by atoms with Gasteiger partial charge >= 0.3 is 5.97 Å². The quantitative estimate of drug-likeness (QED) is 0.640. The number of epoxide rings is 1. The Morgan fingerprint density at radius 2 is 2.20 bits per heavy atom. The molecule has 5 heteroatoms. The van der Waals surface area contributed by atoms with E-state index in [4.69, 9.17) is 14.2 Å². The summed E-state index contributed by atoms with van der Waals surface area (Å²) in [4.78, 5) is 11.4. The van der Waals surface area contributed by atoms with Gasteiger partial charge in [0.25, 0.3) is 0 Å². The van der Waals surface area contributed by atoms with E-state index in [1.165, 1.54) is 7.11 Å². The zero-order valence-corrected chi connectivity index (χ0v) is 12.0. The van der Waals surface area contributed by atoms with Crippen molar-refractivity contribution in [3.05, 3.63) is 23.8 Å². The predicted octanol–water partition coefficient (Wildman–Crippen LogP) is 2.43. The molecule has 0 bridgehead atoms. The monoisotopic (exact) mass is 280 g/mol. The van der Waals surface area contributed by atoms with E-state index in [1.807, 2.05) is 13.8 Å². The Hall–Kier alpha value is -1.75. The van der Waals surface area contributed by atoms with Gasteiger partial charge in [-0.05, 0) is 23.6 Å². The lowest BCUT2D eigenvalue weighted by Crippen LogP contribution is -2.12. The Morgan fingerprint density at radius 3 is 2.85 bits per heavy atom. The van der Waals surface area contributed by atoms with Gasteiger partial charge in [-0.15, -0.1) is 0 Å². The van der Waals surface area contributed by atoms with Crippen molar-refractivity contribution >= 4 is 5.97 Å². The maximum absolute atomic E-state index is 11.4. The number of esters is 1. The first-order valence-corrected chi connectivity index (χ1v) is 6.69. The van der Waals surface area contributed by atoms with Crippen LogP contribution in [-0.4, -0.2) is 30.9 Å². The van der Waals surface area contributed by atoms with Crippen molar-refractivity contribution in [1.82, 2.24) is 0 Å². The maximum Gasteiger partial charge on any atom is 0.306 e. The van der Waals surface area contributed by atoms with Gasteiger partial charge in [-0.25, -0.2) is 0 Å². The number of hydrogen-bond donors (Lipinski definition) is 1. The number of phenolic OH excluding ortho intramolecular Hbond substituents is 1. The third-order valence-electron chi connectivity index (χ3n) is 3.10. The van der Waals surface area contributed by atoms with Gasteiger partial charge in [0.15, 0.2) is 11.5 Å². The van der Waals surface area contributed by atoms with Crippen molar-refractivity contribution in [2.24, 2.45) is 5.92 Å². The van der Waals surface area contributed by atoms with E-state index in [9.17, 15) is 9.90 Å². The van der Waals surface area contributed by atoms with Crippen molar-refractivity contribution < 1.29 is 24.1 Å². The van der Waals surface area contributed by atoms with Gasteiger partial charge < -0.3 is 19.3 Å². The highest BCUT2D eigenvalue weighted by Gasteiger charge is 2.41. The molecule has 5 nitrogen and oxygen atoms in total. The van der Waals surface area contributed by atoms with Gasteiger partial charge in [0.2, 0.25) is 0 Å². The molecule has 0 amide bonds. The van der Waals surface area contributed by atoms with Crippen molar-refractivity contribution in [2.75, 3.05) is 13.7 Å². The highest BCUT2D eigenvalue weighted by atomic mass is 16.6. The highest BCUT2D eigenvalue weighted by Crippen LogP contribution is 2.41. The first-order chi connectivity index (χ1) is 9.51. The number of carbonyl (C=O) groups excluding carboxylic acids is 1. The Balaban J connectivity index is 1.84. The summed E-state index contributed by atoms with van der Waals surface area (Å²) in [6, 6.07) is 5.08. The zero-order valence-electron chi connectivity index (χ0n) is 12.0. The molecule has 1 aliphatic rings. The summed E-state index contributed by atoms with van der Waals surface area (Å²) < 4.78 is 15.7. The van der Waals surface area contributed by atoms with Gasteiger partial charge in [-0.1, -0.05) is 19.9 Å². The van der Waals surface area contributed by atoms with E-state index < -0.39 is 0 Å². The smallest absolute Gasteiger partial charge is 0.306 e. The molecular formula is C15H20O5. The Morgan fingerprint density at radius 1 is 1.45 bits per heavy atom. The van der Waals surface area contributed by atoms with E-state index in [1.54, 1.807) is 18.2 Å². The van der Waals surface area contributed by atoms with Crippen molar-refractivity contribution in [3.63, 3.8) is 0 Å². The molecule has 0 radical (unpaired) electrons. The molecule has 20 heavy (non-hydrogen) atoms. The van der Waals surface area contributed by atoms with E-state index in [0.29, 0.717) is 18.1 Å². The van der Waals surface area contributed by atoms with Gasteiger partial charge in [-0.2, -0.15) is 0 Å². The number of aromatic hydroxyl groups is 1. The van der Waals surface area contributed by atoms with Crippen LogP contribution in [0.1, 0.15) is 31.9 Å². The minimum Gasteiger partial charge on any atom is -0.504 e. The number of ether oxygens (including phenoxy) is 3. The third kappa shape index (κ3) is 3.63. The summed E-state index contributed by atoms with van der Waals surface area (Å²) in [6.45, 7) is 4.21. The average Bonchev–Trinajstić information content (AvgIpc) is 3.16. The minimum atomic E-state index is -0.197. The number of benzene rings is 1. The number of phenols is 1. The first kappa shape index (κ1) is 14.7. The summed E-state index contributed by atoms with van der Waals surface area (Å²) in [5, 5.41) is 9.53. The number of hydrogen-bond acceptors (Lipinski definition) is 5. The van der Waals surface area contributed by atoms with E-state index in [0.717, 1.165) is 5.56 Å². The third-order valence-corrected chi connectivity index (χ3v) is 3.10. The molecule has 1 N–H and O–H groups in total. The van der Waals surface area contributed by atoms with Crippen LogP contribution in [0.15, 0.2) is 18.2 Å². The van der Waals surface area contributed by atoms with Gasteiger partial charge in [0.05, 0.1) is 7.11 Å². The fraction of sp³-hybridized carbons (Fsp3) is 0.533. The normalized spacial score (nSPS) is 20.8. The molecular weight excluding hydrogens is 260 g/mol. The second-order valence-corrected chi connectivity index (χ2v) is 5.31. The summed E-state index contributed by atoms with van der Waals surface area (Å²) in [7, 11) is 1.50. The fourth-order valence-corrected chi connectivity index (χ4v) is 2.00. The van der Waals surface area contributed by atoms with Gasteiger partial charge in [-0.3, -0.25) is 4.79 Å². The van der Waals surface area contributed by atoms with Crippen LogP contribution in [0.5, 0.6) is 11.5 Å². The summed E-state index contributed by atoms with van der Waals surface area (Å²) >= 11 is 0. The second-order valence-electron chi connectivity index (χ2n) is 5.31. The van der Waals surface area contributed by atoms with Crippen LogP contribution in [0.4, 0.5) is 0 Å². The van der Waals surface area contributed by atoms with Crippen molar-refractivity contribution in [2.45, 2.75) is 32.5 Å². The van der Waals surface area contributed by atoms with Crippen LogP contribution in [-0.2, 0) is 14.3 Å². The molecule has 110 valence electrons. The molecule has 2 rings (SSSR count). The molecule has 0 saturated carbocycles. The van der Waals surface area contributed by atoms with Crippen LogP contribution in [0.25, 0.3) is 0 Å². The Labute approximate surface area is 118 Å². The molecule has 1 fully saturated rings. The summed E-state index contributed by atoms with van der Waals surface area (Å²) in [5.74, 6) is 0.600. The first-order valence-electron chi connectivity index (χ1n) is 6.69. The lowest BCUT2D eigenvalue weighted by Gasteiger charge is -2.06. The molecule has 1 aliphatic heterocycles. The van der Waals surface area contributed by atoms with Gasteiger partial charge in [0, 0.05) is 6.42 Å². The predicted molar refractivity (Wildman–Crippen MR) is 72.7 cm³/mol. The highest BCUT2D eigenvalue weighted by molar-refractivity contribution is 5.69. The largest absolute Gasteiger partial charge is 0.504 e. The lowest BCUT2D eigenvalue weighted by atomic mass is 10.1. The Kier molecular flexibility index (Phi) is 4.49. The van der Waals surface area contributed by atoms with E-state index in [2.05, 4.69) is 0 Å². The molecule has 0 aromatic heterocycles. The van der Waals surface area contributed by atoms with Crippen LogP contribution in [0, 0.1) is 5.92 Å². The van der Waals surface area contributed by atoms with Gasteiger partial charge in [0.1, 0.15) is 18.8 Å². The molecule has 1 aromatic rings. The molecule has 0 unspecified atom stereocenters. The zero-order chi connectivity index (χ0) is 14.7. The van der Waals surface area contributed by atoms with Crippen molar-refractivity contribution in [1.29, 1.82) is 0 Å². The average molecular weight is 280 g/mol. The van der Waals surface area contributed by atoms with Crippen LogP contribution in [0.3, 0.4) is 0 Å². The van der Waals surface area contributed by atoms with E-state index in [-0.39, 0.29) is 30.5 Å². The summed E-state index contributed by atoms with van der Waals surface area (Å²) in [6.07, 6.45) is 0.210. The van der Waals surface area contributed by atoms with E-state index >= 15 is 0 Å². The molecule has 1 aromatic carbocycles. The fourth-order valence-electron chi connectivity index (χ4n) is 2.00. The lowest BCUT2D eigenvalue weighted by molar-refractivity contribution is -0.144. The second kappa shape index (κ2) is 6.13. The number of rotatable bonds is 6. The number of methoxy groups -OCH3 is 1. The topological polar surface area (TPSA) is 68.3 Å². The molecule has 1 saturated heterocycles. The minimum absolute atomic E-state index is 0.0943. The maximum atomic E-state index is 11.4. The SMILES string of the molecule is COc1cc([C@H]2O[C@@H]2COC(=O)CC(C)C)ccc1O. The number of carbonyl (C=O) groups is 1. The molecule has 2 atom stereocenters. The molecule has 0 aliphatic carbocycles.